The number of carboxylic acid groups (broad SMARTS) is 1. The van der Waals surface area contributed by atoms with Crippen molar-refractivity contribution in [2.24, 2.45) is 17.8 Å². The van der Waals surface area contributed by atoms with Crippen LogP contribution in [-0.4, -0.2) is 23.6 Å². The summed E-state index contributed by atoms with van der Waals surface area (Å²) in [5.41, 5.74) is 0.659. The fraction of sp³-hybridized carbons (Fsp3) is 0.500. The van der Waals surface area contributed by atoms with Crippen LogP contribution in [-0.2, 0) is 9.59 Å². The van der Waals surface area contributed by atoms with Crippen molar-refractivity contribution in [3.63, 3.8) is 0 Å². The average molecular weight is 289 g/mol. The molecular weight excluding hydrogens is 270 g/mol. The van der Waals surface area contributed by atoms with Crippen molar-refractivity contribution < 1.29 is 19.4 Å². The number of carboxylic acids is 1. The van der Waals surface area contributed by atoms with Gasteiger partial charge in [-0.3, -0.25) is 4.79 Å². The Kier molecular flexibility index (Phi) is 3.82. The first-order chi connectivity index (χ1) is 10.1. The van der Waals surface area contributed by atoms with Crippen LogP contribution < -0.4 is 10.1 Å². The molecule has 3 rings (SSSR count). The summed E-state index contributed by atoms with van der Waals surface area (Å²) in [4.78, 5) is 22.8. The number of amides is 1. The molecule has 1 amide bonds. The first-order valence-electron chi connectivity index (χ1n) is 7.40. The normalized spacial score (nSPS) is 26.6. The quantitative estimate of drug-likeness (QED) is 0.873. The number of hydrogen-bond donors (Lipinski definition) is 2. The van der Waals surface area contributed by atoms with Crippen LogP contribution in [0.4, 0.5) is 5.69 Å². The highest BCUT2D eigenvalue weighted by atomic mass is 16.5. The minimum Gasteiger partial charge on any atom is -0.482 e. The number of aliphatic carboxylic acids is 1. The maximum absolute atomic E-state index is 12.3. The molecule has 0 saturated heterocycles. The lowest BCUT2D eigenvalue weighted by molar-refractivity contribution is -0.139. The van der Waals surface area contributed by atoms with Gasteiger partial charge in [-0.15, -0.1) is 0 Å². The smallest absolute Gasteiger partial charge is 0.341 e. The molecule has 2 saturated carbocycles. The van der Waals surface area contributed by atoms with Crippen molar-refractivity contribution in [2.45, 2.75) is 25.7 Å². The maximum Gasteiger partial charge on any atom is 0.341 e. The van der Waals surface area contributed by atoms with E-state index in [0.29, 0.717) is 23.3 Å². The second kappa shape index (κ2) is 5.76. The molecule has 2 aliphatic rings. The van der Waals surface area contributed by atoms with E-state index in [1.54, 1.807) is 24.3 Å². The Hall–Kier alpha value is -2.04. The van der Waals surface area contributed by atoms with Crippen molar-refractivity contribution >= 4 is 17.6 Å². The van der Waals surface area contributed by atoms with Gasteiger partial charge in [0.15, 0.2) is 6.61 Å². The van der Waals surface area contributed by atoms with E-state index in [4.69, 9.17) is 9.84 Å². The fourth-order valence-corrected chi connectivity index (χ4v) is 3.42. The highest BCUT2D eigenvalue weighted by molar-refractivity contribution is 5.95. The van der Waals surface area contributed by atoms with Gasteiger partial charge in [-0.2, -0.15) is 0 Å². The molecule has 2 unspecified atom stereocenters. The number of carbonyl (C=O) groups excluding carboxylic acids is 1. The van der Waals surface area contributed by atoms with Crippen LogP contribution in [0.2, 0.25) is 0 Å². The third-order valence-electron chi connectivity index (χ3n) is 4.42. The zero-order valence-electron chi connectivity index (χ0n) is 11.7. The fourth-order valence-electron chi connectivity index (χ4n) is 3.42. The zero-order chi connectivity index (χ0) is 14.8. The Balaban J connectivity index is 1.58. The molecule has 0 aromatic heterocycles. The molecule has 1 aromatic rings. The van der Waals surface area contributed by atoms with Gasteiger partial charge in [0.05, 0.1) is 0 Å². The summed E-state index contributed by atoms with van der Waals surface area (Å²) >= 11 is 0. The van der Waals surface area contributed by atoms with Crippen LogP contribution in [0, 0.1) is 17.8 Å². The van der Waals surface area contributed by atoms with Gasteiger partial charge < -0.3 is 15.2 Å². The third-order valence-corrected chi connectivity index (χ3v) is 4.42. The van der Waals surface area contributed by atoms with E-state index in [1.165, 1.54) is 25.7 Å². The summed E-state index contributed by atoms with van der Waals surface area (Å²) in [5.74, 6) is 0.823. The van der Waals surface area contributed by atoms with E-state index in [9.17, 15) is 9.59 Å². The molecular formula is C16H19NO4. The third kappa shape index (κ3) is 3.17. The van der Waals surface area contributed by atoms with Crippen molar-refractivity contribution in [2.75, 3.05) is 11.9 Å². The summed E-state index contributed by atoms with van der Waals surface area (Å²) in [6.45, 7) is -0.385. The Morgan fingerprint density at radius 2 is 1.95 bits per heavy atom. The topological polar surface area (TPSA) is 75.6 Å². The number of anilines is 1. The van der Waals surface area contributed by atoms with Gasteiger partial charge in [0.25, 0.3) is 0 Å². The highest BCUT2D eigenvalue weighted by Gasteiger charge is 2.54. The number of hydrogen-bond acceptors (Lipinski definition) is 3. The van der Waals surface area contributed by atoms with Crippen LogP contribution in [0.1, 0.15) is 25.7 Å². The molecule has 5 nitrogen and oxygen atoms in total. The number of fused-ring (bicyclic) bond motifs is 1. The minimum absolute atomic E-state index is 0.0854. The van der Waals surface area contributed by atoms with Crippen LogP contribution in [0.25, 0.3) is 0 Å². The molecule has 112 valence electrons. The van der Waals surface area contributed by atoms with Crippen LogP contribution in [0.15, 0.2) is 24.3 Å². The molecule has 0 radical (unpaired) electrons. The second-order valence-electron chi connectivity index (χ2n) is 5.84. The van der Waals surface area contributed by atoms with Gasteiger partial charge in [-0.25, -0.2) is 4.79 Å². The molecule has 0 spiro atoms. The number of carbonyl (C=O) groups is 2. The molecule has 2 N–H and O–H groups in total. The summed E-state index contributed by atoms with van der Waals surface area (Å²) < 4.78 is 5.11. The molecule has 1 aromatic carbocycles. The summed E-state index contributed by atoms with van der Waals surface area (Å²) in [6, 6.07) is 6.87. The summed E-state index contributed by atoms with van der Waals surface area (Å²) in [5, 5.41) is 11.5. The monoisotopic (exact) mass is 289 g/mol. The maximum atomic E-state index is 12.3. The van der Waals surface area contributed by atoms with E-state index in [-0.39, 0.29) is 18.4 Å². The SMILES string of the molecule is O=C(O)COc1cccc(NC(=O)C2C3CCCCC32)c1. The van der Waals surface area contributed by atoms with Crippen LogP contribution in [0.5, 0.6) is 5.75 Å². The molecule has 0 heterocycles. The van der Waals surface area contributed by atoms with E-state index in [0.717, 1.165) is 0 Å². The Morgan fingerprint density at radius 1 is 1.24 bits per heavy atom. The van der Waals surface area contributed by atoms with Gasteiger partial charge in [-0.05, 0) is 36.8 Å². The minimum atomic E-state index is -1.02. The van der Waals surface area contributed by atoms with Crippen molar-refractivity contribution in [3.8, 4) is 5.75 Å². The lowest BCUT2D eigenvalue weighted by Crippen LogP contribution is -2.15. The molecule has 2 atom stereocenters. The number of ether oxygens (including phenoxy) is 1. The van der Waals surface area contributed by atoms with Crippen molar-refractivity contribution in [1.29, 1.82) is 0 Å². The van der Waals surface area contributed by atoms with Crippen molar-refractivity contribution in [1.82, 2.24) is 0 Å². The van der Waals surface area contributed by atoms with E-state index < -0.39 is 5.97 Å². The molecule has 0 bridgehead atoms. The average Bonchev–Trinajstić information content (AvgIpc) is 3.20. The Labute approximate surface area is 123 Å². The lowest BCUT2D eigenvalue weighted by Gasteiger charge is -2.08. The predicted octanol–water partition coefficient (Wildman–Crippen LogP) is 2.52. The molecule has 2 fully saturated rings. The van der Waals surface area contributed by atoms with Crippen LogP contribution in [0.3, 0.4) is 0 Å². The van der Waals surface area contributed by atoms with E-state index >= 15 is 0 Å². The van der Waals surface area contributed by atoms with Crippen molar-refractivity contribution in [3.05, 3.63) is 24.3 Å². The predicted molar refractivity (Wildman–Crippen MR) is 77.1 cm³/mol. The molecule has 5 heteroatoms. The first-order valence-corrected chi connectivity index (χ1v) is 7.40. The Morgan fingerprint density at radius 3 is 2.62 bits per heavy atom. The molecule has 21 heavy (non-hydrogen) atoms. The van der Waals surface area contributed by atoms with Gasteiger partial charge in [0.2, 0.25) is 5.91 Å². The van der Waals surface area contributed by atoms with E-state index in [2.05, 4.69) is 5.32 Å². The van der Waals surface area contributed by atoms with Gasteiger partial charge in [0.1, 0.15) is 5.75 Å². The van der Waals surface area contributed by atoms with Gasteiger partial charge in [-0.1, -0.05) is 18.9 Å². The largest absolute Gasteiger partial charge is 0.482 e. The molecule has 2 aliphatic carbocycles. The standard InChI is InChI=1S/C16H19NO4/c18-14(19)9-21-11-5-3-4-10(8-11)17-16(20)15-12-6-1-2-7-13(12)15/h3-5,8,12-13,15H,1-2,6-7,9H2,(H,17,20)(H,18,19). The lowest BCUT2D eigenvalue weighted by atomic mass is 10.0. The highest BCUT2D eigenvalue weighted by Crippen LogP contribution is 2.55. The molecule has 0 aliphatic heterocycles. The van der Waals surface area contributed by atoms with Gasteiger partial charge in [0, 0.05) is 17.7 Å². The van der Waals surface area contributed by atoms with E-state index in [1.807, 2.05) is 0 Å². The summed E-state index contributed by atoms with van der Waals surface area (Å²) in [7, 11) is 0. The number of benzene rings is 1. The number of rotatable bonds is 5. The van der Waals surface area contributed by atoms with Gasteiger partial charge >= 0.3 is 5.97 Å². The Bertz CT molecular complexity index is 545. The summed E-state index contributed by atoms with van der Waals surface area (Å²) in [6.07, 6.45) is 4.82. The number of nitrogens with one attached hydrogen (secondary N) is 1. The second-order valence-corrected chi connectivity index (χ2v) is 5.84. The first kappa shape index (κ1) is 13.9. The van der Waals surface area contributed by atoms with Crippen LogP contribution >= 0.6 is 0 Å². The zero-order valence-corrected chi connectivity index (χ0v) is 11.7.